The Hall–Kier alpha value is -0.990. The molecule has 1 fully saturated rings. The van der Waals surface area contributed by atoms with Crippen LogP contribution in [0.15, 0.2) is 0 Å². The van der Waals surface area contributed by atoms with Gasteiger partial charge in [0.05, 0.1) is 5.69 Å². The molecule has 0 bridgehead atoms. The Morgan fingerprint density at radius 3 is 2.33 bits per heavy atom. The predicted octanol–water partition coefficient (Wildman–Crippen LogP) is 2.66. The van der Waals surface area contributed by atoms with Gasteiger partial charge in [-0.3, -0.25) is 0 Å². The zero-order valence-corrected chi connectivity index (χ0v) is 10.2. The van der Waals surface area contributed by atoms with E-state index in [4.69, 9.17) is 10.7 Å². The SMILES string of the molecule is CCc1nc(C2CC2)c(N)n1C(C)(C)C. The molecule has 1 aliphatic carbocycles. The van der Waals surface area contributed by atoms with Gasteiger partial charge in [-0.05, 0) is 33.6 Å². The maximum absolute atomic E-state index is 6.21. The molecule has 0 spiro atoms. The highest BCUT2D eigenvalue weighted by atomic mass is 15.2. The minimum Gasteiger partial charge on any atom is -0.384 e. The summed E-state index contributed by atoms with van der Waals surface area (Å²) in [4.78, 5) is 4.69. The van der Waals surface area contributed by atoms with Crippen LogP contribution >= 0.6 is 0 Å². The molecule has 84 valence electrons. The second kappa shape index (κ2) is 3.26. The van der Waals surface area contributed by atoms with Gasteiger partial charge >= 0.3 is 0 Å². The summed E-state index contributed by atoms with van der Waals surface area (Å²) in [6, 6.07) is 0. The van der Waals surface area contributed by atoms with Crippen LogP contribution in [0.3, 0.4) is 0 Å². The van der Waals surface area contributed by atoms with E-state index < -0.39 is 0 Å². The first-order valence-electron chi connectivity index (χ1n) is 5.82. The standard InChI is InChI=1S/C12H21N3/c1-5-9-14-10(8-6-7-8)11(13)15(9)12(2,3)4/h8H,5-7,13H2,1-4H3. The summed E-state index contributed by atoms with van der Waals surface area (Å²) in [7, 11) is 0. The van der Waals surface area contributed by atoms with Crippen molar-refractivity contribution >= 4 is 5.82 Å². The molecule has 0 saturated heterocycles. The summed E-state index contributed by atoms with van der Waals surface area (Å²) in [5.41, 5.74) is 7.39. The maximum Gasteiger partial charge on any atom is 0.127 e. The summed E-state index contributed by atoms with van der Waals surface area (Å²) in [6.45, 7) is 8.68. The average molecular weight is 207 g/mol. The van der Waals surface area contributed by atoms with Crippen LogP contribution in [-0.4, -0.2) is 9.55 Å². The third kappa shape index (κ3) is 1.75. The minimum atomic E-state index is 0.0373. The van der Waals surface area contributed by atoms with E-state index in [1.807, 2.05) is 0 Å². The number of aryl methyl sites for hydroxylation is 1. The van der Waals surface area contributed by atoms with Gasteiger partial charge in [0.2, 0.25) is 0 Å². The normalized spacial score (nSPS) is 17.1. The topological polar surface area (TPSA) is 43.8 Å². The molecule has 0 aliphatic heterocycles. The molecule has 1 aliphatic rings. The molecule has 2 rings (SSSR count). The van der Waals surface area contributed by atoms with Crippen molar-refractivity contribution in [3.8, 4) is 0 Å². The van der Waals surface area contributed by atoms with Crippen molar-refractivity contribution in [2.45, 2.75) is 58.4 Å². The Kier molecular flexibility index (Phi) is 2.28. The van der Waals surface area contributed by atoms with Crippen LogP contribution in [0.4, 0.5) is 5.82 Å². The third-order valence-electron chi connectivity index (χ3n) is 2.96. The van der Waals surface area contributed by atoms with Gasteiger partial charge in [-0.25, -0.2) is 4.98 Å². The Morgan fingerprint density at radius 1 is 1.40 bits per heavy atom. The van der Waals surface area contributed by atoms with Crippen molar-refractivity contribution in [2.75, 3.05) is 5.73 Å². The van der Waals surface area contributed by atoms with E-state index in [2.05, 4.69) is 32.3 Å². The minimum absolute atomic E-state index is 0.0373. The van der Waals surface area contributed by atoms with Gasteiger partial charge in [-0.1, -0.05) is 6.92 Å². The van der Waals surface area contributed by atoms with E-state index in [0.717, 1.165) is 23.8 Å². The second-order valence-electron chi connectivity index (χ2n) is 5.43. The Balaban J connectivity index is 2.50. The van der Waals surface area contributed by atoms with Crippen molar-refractivity contribution in [1.29, 1.82) is 0 Å². The lowest BCUT2D eigenvalue weighted by molar-refractivity contribution is 0.389. The monoisotopic (exact) mass is 207 g/mol. The van der Waals surface area contributed by atoms with Crippen molar-refractivity contribution in [3.05, 3.63) is 11.5 Å². The van der Waals surface area contributed by atoms with E-state index in [0.29, 0.717) is 5.92 Å². The first-order valence-corrected chi connectivity index (χ1v) is 5.82. The van der Waals surface area contributed by atoms with E-state index in [1.165, 1.54) is 12.8 Å². The van der Waals surface area contributed by atoms with Gasteiger partial charge in [0, 0.05) is 17.9 Å². The van der Waals surface area contributed by atoms with Gasteiger partial charge < -0.3 is 10.3 Å². The van der Waals surface area contributed by atoms with Crippen molar-refractivity contribution in [2.24, 2.45) is 0 Å². The number of nitrogen functional groups attached to an aromatic ring is 1. The van der Waals surface area contributed by atoms with Crippen LogP contribution in [0.1, 0.15) is 58.0 Å². The molecule has 1 aromatic rings. The van der Waals surface area contributed by atoms with Gasteiger partial charge in [0.1, 0.15) is 11.6 Å². The molecular formula is C12H21N3. The molecule has 15 heavy (non-hydrogen) atoms. The average Bonchev–Trinajstić information content (AvgIpc) is 2.88. The number of hydrogen-bond acceptors (Lipinski definition) is 2. The molecule has 3 nitrogen and oxygen atoms in total. The van der Waals surface area contributed by atoms with E-state index in [-0.39, 0.29) is 5.54 Å². The molecule has 2 N–H and O–H groups in total. The number of aromatic nitrogens is 2. The highest BCUT2D eigenvalue weighted by Crippen LogP contribution is 2.43. The van der Waals surface area contributed by atoms with E-state index >= 15 is 0 Å². The van der Waals surface area contributed by atoms with Crippen molar-refractivity contribution in [3.63, 3.8) is 0 Å². The fraction of sp³-hybridized carbons (Fsp3) is 0.750. The number of imidazole rings is 1. The number of anilines is 1. The molecule has 0 atom stereocenters. The number of nitrogens with two attached hydrogens (primary N) is 1. The number of nitrogens with zero attached hydrogens (tertiary/aromatic N) is 2. The lowest BCUT2D eigenvalue weighted by atomic mass is 10.1. The summed E-state index contributed by atoms with van der Waals surface area (Å²) in [5.74, 6) is 2.66. The molecule has 0 radical (unpaired) electrons. The third-order valence-corrected chi connectivity index (χ3v) is 2.96. The van der Waals surface area contributed by atoms with Crippen molar-refractivity contribution in [1.82, 2.24) is 9.55 Å². The lowest BCUT2D eigenvalue weighted by Gasteiger charge is -2.24. The van der Waals surface area contributed by atoms with E-state index in [1.54, 1.807) is 0 Å². The first kappa shape index (κ1) is 10.5. The van der Waals surface area contributed by atoms with E-state index in [9.17, 15) is 0 Å². The Morgan fingerprint density at radius 2 is 2.00 bits per heavy atom. The van der Waals surface area contributed by atoms with Gasteiger partial charge in [0.25, 0.3) is 0 Å². The lowest BCUT2D eigenvalue weighted by Crippen LogP contribution is -2.25. The summed E-state index contributed by atoms with van der Waals surface area (Å²) >= 11 is 0. The second-order valence-corrected chi connectivity index (χ2v) is 5.43. The van der Waals surface area contributed by atoms with Crippen molar-refractivity contribution < 1.29 is 0 Å². The molecule has 0 unspecified atom stereocenters. The highest BCUT2D eigenvalue weighted by molar-refractivity contribution is 5.43. The van der Waals surface area contributed by atoms with Gasteiger partial charge in [-0.2, -0.15) is 0 Å². The van der Waals surface area contributed by atoms with Crippen LogP contribution < -0.4 is 5.73 Å². The largest absolute Gasteiger partial charge is 0.384 e. The highest BCUT2D eigenvalue weighted by Gasteiger charge is 2.32. The van der Waals surface area contributed by atoms with Crippen LogP contribution in [-0.2, 0) is 12.0 Å². The molecule has 0 aromatic carbocycles. The van der Waals surface area contributed by atoms with Crippen LogP contribution in [0.25, 0.3) is 0 Å². The zero-order chi connectivity index (χ0) is 11.2. The Labute approximate surface area is 91.7 Å². The molecule has 3 heteroatoms. The predicted molar refractivity (Wildman–Crippen MR) is 63.0 cm³/mol. The molecule has 1 heterocycles. The van der Waals surface area contributed by atoms with Gasteiger partial charge in [-0.15, -0.1) is 0 Å². The maximum atomic E-state index is 6.21. The molecular weight excluding hydrogens is 186 g/mol. The summed E-state index contributed by atoms with van der Waals surface area (Å²) in [6.07, 6.45) is 3.47. The first-order chi connectivity index (χ1) is 6.95. The zero-order valence-electron chi connectivity index (χ0n) is 10.2. The Bertz CT molecular complexity index is 367. The van der Waals surface area contributed by atoms with Crippen LogP contribution in [0, 0.1) is 0 Å². The summed E-state index contributed by atoms with van der Waals surface area (Å²) in [5, 5.41) is 0. The molecule has 0 amide bonds. The quantitative estimate of drug-likeness (QED) is 0.810. The van der Waals surface area contributed by atoms with Crippen LogP contribution in [0.2, 0.25) is 0 Å². The number of hydrogen-bond donors (Lipinski definition) is 1. The smallest absolute Gasteiger partial charge is 0.127 e. The fourth-order valence-corrected chi connectivity index (χ4v) is 2.14. The molecule has 1 aromatic heterocycles. The van der Waals surface area contributed by atoms with Gasteiger partial charge in [0.15, 0.2) is 0 Å². The number of rotatable bonds is 2. The molecule has 1 saturated carbocycles. The summed E-state index contributed by atoms with van der Waals surface area (Å²) < 4.78 is 2.20. The fourth-order valence-electron chi connectivity index (χ4n) is 2.14. The van der Waals surface area contributed by atoms with Crippen LogP contribution in [0.5, 0.6) is 0 Å².